The molecule has 0 heterocycles. The second-order valence-corrected chi connectivity index (χ2v) is 3.45. The van der Waals surface area contributed by atoms with Crippen molar-refractivity contribution in [1.29, 1.82) is 0 Å². The lowest BCUT2D eigenvalue weighted by molar-refractivity contribution is 0.140. The van der Waals surface area contributed by atoms with Gasteiger partial charge in [-0.1, -0.05) is 22.9 Å². The van der Waals surface area contributed by atoms with Crippen LogP contribution in [0.5, 0.6) is 0 Å². The van der Waals surface area contributed by atoms with E-state index in [1.807, 2.05) is 11.5 Å². The Hall–Kier alpha value is -1.03. The largest absolute Gasteiger partial charge is 0.443 e. The Morgan fingerprint density at radius 2 is 2.43 bits per heavy atom. The number of hydrogen-bond acceptors (Lipinski definition) is 5. The van der Waals surface area contributed by atoms with Gasteiger partial charge >= 0.3 is 6.09 Å². The van der Waals surface area contributed by atoms with Crippen molar-refractivity contribution in [2.24, 2.45) is 5.84 Å². The molecule has 1 amide bonds. The molecule has 3 N–H and O–H groups in total. The van der Waals surface area contributed by atoms with E-state index < -0.39 is 6.09 Å². The summed E-state index contributed by atoms with van der Waals surface area (Å²) >= 11 is 4.00. The van der Waals surface area contributed by atoms with Gasteiger partial charge in [-0.2, -0.15) is 0 Å². The summed E-state index contributed by atoms with van der Waals surface area (Å²) in [4.78, 5) is 11.5. The van der Waals surface area contributed by atoms with Crippen LogP contribution in [-0.2, 0) is 11.3 Å². The number of hydrazine groups is 1. The number of amides is 1. The molecule has 0 aliphatic heterocycles. The SMILES string of the molecule is NNC(=O)OCc1c#cc(SS)cc1. The lowest BCUT2D eigenvalue weighted by atomic mass is 10.3. The summed E-state index contributed by atoms with van der Waals surface area (Å²) in [7, 11) is 1.27. The van der Waals surface area contributed by atoms with E-state index in [0.717, 1.165) is 10.5 Å². The van der Waals surface area contributed by atoms with Crippen LogP contribution in [-0.4, -0.2) is 6.09 Å². The van der Waals surface area contributed by atoms with Crippen molar-refractivity contribution in [2.45, 2.75) is 11.5 Å². The molecule has 0 saturated heterocycles. The second-order valence-electron chi connectivity index (χ2n) is 2.28. The molecule has 74 valence electrons. The van der Waals surface area contributed by atoms with E-state index in [1.54, 1.807) is 6.07 Å². The molecule has 4 nitrogen and oxygen atoms in total. The highest BCUT2D eigenvalue weighted by Crippen LogP contribution is 2.18. The van der Waals surface area contributed by atoms with Crippen molar-refractivity contribution in [3.8, 4) is 0 Å². The highest BCUT2D eigenvalue weighted by atomic mass is 33.1. The zero-order chi connectivity index (χ0) is 10.4. The maximum atomic E-state index is 10.6. The fourth-order valence-corrected chi connectivity index (χ4v) is 1.27. The molecular weight excluding hydrogens is 220 g/mol. The number of rotatable bonds is 3. The fraction of sp³-hybridized carbons (Fsp3) is 0.125. The highest BCUT2D eigenvalue weighted by molar-refractivity contribution is 8.68. The Kier molecular flexibility index (Phi) is 4.46. The first kappa shape index (κ1) is 11.0. The number of ether oxygens (including phenoxy) is 1. The van der Waals surface area contributed by atoms with Crippen LogP contribution in [0.25, 0.3) is 0 Å². The van der Waals surface area contributed by atoms with Crippen LogP contribution in [0.1, 0.15) is 5.56 Å². The summed E-state index contributed by atoms with van der Waals surface area (Å²) in [5.74, 6) is 4.83. The second kappa shape index (κ2) is 5.65. The van der Waals surface area contributed by atoms with Crippen molar-refractivity contribution < 1.29 is 9.53 Å². The summed E-state index contributed by atoms with van der Waals surface area (Å²) in [5.41, 5.74) is 2.58. The van der Waals surface area contributed by atoms with Crippen LogP contribution in [0.3, 0.4) is 0 Å². The van der Waals surface area contributed by atoms with Crippen molar-refractivity contribution in [1.82, 2.24) is 5.43 Å². The Balaban J connectivity index is 2.47. The molecule has 0 aliphatic rings. The average Bonchev–Trinajstić information content (AvgIpc) is 2.26. The van der Waals surface area contributed by atoms with Crippen LogP contribution in [0.4, 0.5) is 4.79 Å². The molecule has 0 aromatic heterocycles. The molecule has 0 unspecified atom stereocenters. The molecule has 0 fully saturated rings. The number of carbonyl (C=O) groups is 1. The van der Waals surface area contributed by atoms with Gasteiger partial charge in [0, 0.05) is 5.56 Å². The van der Waals surface area contributed by atoms with Crippen LogP contribution >= 0.6 is 22.5 Å². The maximum absolute atomic E-state index is 10.6. The Bertz CT molecular complexity index is 303. The third-order valence-electron chi connectivity index (χ3n) is 1.36. The van der Waals surface area contributed by atoms with E-state index in [1.165, 1.54) is 10.8 Å². The van der Waals surface area contributed by atoms with Crippen molar-refractivity contribution in [2.75, 3.05) is 0 Å². The molecule has 6 heteroatoms. The van der Waals surface area contributed by atoms with Crippen molar-refractivity contribution in [3.63, 3.8) is 0 Å². The van der Waals surface area contributed by atoms with Gasteiger partial charge in [-0.3, -0.25) is 5.43 Å². The summed E-state index contributed by atoms with van der Waals surface area (Å²) in [5, 5.41) is 0. The Labute approximate surface area is 91.0 Å². The summed E-state index contributed by atoms with van der Waals surface area (Å²) in [6.45, 7) is 0.122. The summed E-state index contributed by atoms with van der Waals surface area (Å²) in [6, 6.07) is 9.26. The van der Waals surface area contributed by atoms with Gasteiger partial charge in [-0.25, -0.2) is 10.6 Å². The average molecular weight is 228 g/mol. The molecule has 0 atom stereocenters. The minimum absolute atomic E-state index is 0.122. The van der Waals surface area contributed by atoms with Gasteiger partial charge in [0.05, 0.1) is 4.90 Å². The lowest BCUT2D eigenvalue weighted by Crippen LogP contribution is -2.30. The first-order valence-electron chi connectivity index (χ1n) is 3.64. The molecule has 1 aromatic carbocycles. The summed E-state index contributed by atoms with van der Waals surface area (Å²) < 4.78 is 4.70. The maximum Gasteiger partial charge on any atom is 0.421 e. The fourth-order valence-electron chi connectivity index (χ4n) is 0.724. The topological polar surface area (TPSA) is 64.3 Å². The van der Waals surface area contributed by atoms with Gasteiger partial charge in [0.15, 0.2) is 0 Å². The minimum Gasteiger partial charge on any atom is -0.443 e. The zero-order valence-corrected chi connectivity index (χ0v) is 8.82. The molecule has 0 radical (unpaired) electrons. The predicted molar refractivity (Wildman–Crippen MR) is 56.5 cm³/mol. The summed E-state index contributed by atoms with van der Waals surface area (Å²) in [6.07, 6.45) is -0.675. The minimum atomic E-state index is -0.675. The van der Waals surface area contributed by atoms with Crippen LogP contribution in [0.2, 0.25) is 0 Å². The quantitative estimate of drug-likeness (QED) is 0.240. The van der Waals surface area contributed by atoms with Gasteiger partial charge in [0.2, 0.25) is 0 Å². The molecule has 0 saturated carbocycles. The van der Waals surface area contributed by atoms with Gasteiger partial charge in [-0.05, 0) is 12.1 Å². The van der Waals surface area contributed by atoms with Gasteiger partial charge in [0.25, 0.3) is 0 Å². The molecular formula is C8H8N2O2S2. The monoisotopic (exact) mass is 228 g/mol. The standard InChI is InChI=1S/C8H8N2O2S2/c9-10-8(11)12-5-6-1-3-7(14-13)4-2-6/h1,3,13H,5,9H2,(H,10,11). The first-order valence-corrected chi connectivity index (χ1v) is 5.51. The smallest absolute Gasteiger partial charge is 0.421 e. The first-order chi connectivity index (χ1) is 6.76. The number of carbonyl (C=O) groups excluding carboxylic acids is 1. The van der Waals surface area contributed by atoms with Gasteiger partial charge < -0.3 is 4.74 Å². The van der Waals surface area contributed by atoms with E-state index in [0.29, 0.717) is 0 Å². The van der Waals surface area contributed by atoms with E-state index in [2.05, 4.69) is 23.8 Å². The predicted octanol–water partition coefficient (Wildman–Crippen LogP) is 1.32. The van der Waals surface area contributed by atoms with Crippen LogP contribution in [0.15, 0.2) is 17.0 Å². The molecule has 1 aromatic rings. The molecule has 0 bridgehead atoms. The molecule has 1 rings (SSSR count). The third kappa shape index (κ3) is 3.38. The van der Waals surface area contributed by atoms with Gasteiger partial charge in [-0.15, -0.1) is 11.7 Å². The van der Waals surface area contributed by atoms with Crippen molar-refractivity contribution in [3.05, 3.63) is 29.8 Å². The molecule has 0 aliphatic carbocycles. The Morgan fingerprint density at radius 1 is 1.64 bits per heavy atom. The molecule has 14 heavy (non-hydrogen) atoms. The van der Waals surface area contributed by atoms with Crippen molar-refractivity contribution >= 4 is 28.5 Å². The number of nitrogens with one attached hydrogen (secondary N) is 1. The van der Waals surface area contributed by atoms with E-state index in [9.17, 15) is 4.79 Å². The third-order valence-corrected chi connectivity index (χ3v) is 2.38. The van der Waals surface area contributed by atoms with E-state index in [4.69, 9.17) is 10.6 Å². The number of thiol groups is 1. The normalized spacial score (nSPS) is 9.00. The molecule has 0 spiro atoms. The lowest BCUT2D eigenvalue weighted by Gasteiger charge is -2.01. The van der Waals surface area contributed by atoms with E-state index in [-0.39, 0.29) is 6.61 Å². The van der Waals surface area contributed by atoms with E-state index >= 15 is 0 Å². The van der Waals surface area contributed by atoms with Crippen LogP contribution in [0, 0.1) is 12.1 Å². The highest BCUT2D eigenvalue weighted by Gasteiger charge is 1.98. The van der Waals surface area contributed by atoms with Gasteiger partial charge in [0.1, 0.15) is 6.61 Å². The van der Waals surface area contributed by atoms with Crippen LogP contribution < -0.4 is 11.3 Å². The zero-order valence-electron chi connectivity index (χ0n) is 7.11. The number of hydrogen-bond donors (Lipinski definition) is 3. The number of nitrogens with two attached hydrogens (primary N) is 1. The Morgan fingerprint density at radius 3 is 2.93 bits per heavy atom.